The monoisotopic (exact) mass is 135 g/mol. The molecule has 10 heavy (non-hydrogen) atoms. The lowest BCUT2D eigenvalue weighted by molar-refractivity contribution is 0.256. The lowest BCUT2D eigenvalue weighted by Crippen LogP contribution is -2.20. The van der Waals surface area contributed by atoms with Crippen LogP contribution in [-0.2, 0) is 0 Å². The molecule has 0 aromatic heterocycles. The molecule has 4 rings (SSSR count). The minimum atomic E-state index is 0.943. The summed E-state index contributed by atoms with van der Waals surface area (Å²) in [6.07, 6.45) is 6.33. The van der Waals surface area contributed by atoms with E-state index in [0.29, 0.717) is 0 Å². The Balaban J connectivity index is 1.49. The normalized spacial score (nSPS) is 73.2. The molecule has 1 nitrogen and oxygen atoms in total. The van der Waals surface area contributed by atoms with Crippen LogP contribution in [0.15, 0.2) is 0 Å². The van der Waals surface area contributed by atoms with Gasteiger partial charge in [0.15, 0.2) is 0 Å². The van der Waals surface area contributed by atoms with E-state index in [0.717, 1.165) is 17.5 Å². The second-order valence-electron chi connectivity index (χ2n) is 4.84. The molecule has 0 N–H and O–H groups in total. The maximum atomic E-state index is 2.64. The van der Waals surface area contributed by atoms with Crippen LogP contribution < -0.4 is 0 Å². The first kappa shape index (κ1) is 4.76. The van der Waals surface area contributed by atoms with E-state index in [-0.39, 0.29) is 0 Å². The third kappa shape index (κ3) is 0.378. The minimum Gasteiger partial charge on any atom is -0.291 e. The molecule has 0 amide bonds. The van der Waals surface area contributed by atoms with E-state index >= 15 is 0 Å². The fourth-order valence-electron chi connectivity index (χ4n) is 3.09. The van der Waals surface area contributed by atoms with Gasteiger partial charge >= 0.3 is 0 Å². The molecule has 0 aromatic carbocycles. The molecule has 0 bridgehead atoms. The number of hydrogen-bond donors (Lipinski definition) is 0. The summed E-state index contributed by atoms with van der Waals surface area (Å²) >= 11 is 0. The van der Waals surface area contributed by atoms with Gasteiger partial charge in [0.25, 0.3) is 0 Å². The Hall–Kier alpha value is -0.0400. The van der Waals surface area contributed by atoms with Crippen molar-refractivity contribution in [2.75, 3.05) is 6.54 Å². The van der Waals surface area contributed by atoms with Crippen molar-refractivity contribution in [1.29, 1.82) is 0 Å². The van der Waals surface area contributed by atoms with E-state index in [1.807, 2.05) is 0 Å². The molecule has 0 aromatic rings. The van der Waals surface area contributed by atoms with Crippen molar-refractivity contribution >= 4 is 0 Å². The molecule has 2 saturated carbocycles. The molecule has 0 spiro atoms. The Labute approximate surface area is 61.4 Å². The smallest absolute Gasteiger partial charge is 0.0383 e. The lowest BCUT2D eigenvalue weighted by atomic mass is 9.80. The van der Waals surface area contributed by atoms with Crippen molar-refractivity contribution in [2.45, 2.75) is 37.8 Å². The minimum absolute atomic E-state index is 0.943. The Morgan fingerprint density at radius 3 is 2.70 bits per heavy atom. The first-order valence-electron chi connectivity index (χ1n) is 4.65. The molecule has 2 aliphatic carbocycles. The lowest BCUT2D eigenvalue weighted by Gasteiger charge is -2.25. The molecule has 5 atom stereocenters. The van der Waals surface area contributed by atoms with Crippen LogP contribution in [-0.4, -0.2) is 23.5 Å². The van der Waals surface area contributed by atoms with E-state index < -0.39 is 0 Å². The zero-order valence-corrected chi connectivity index (χ0v) is 6.21. The van der Waals surface area contributed by atoms with Gasteiger partial charge in [0, 0.05) is 18.6 Å². The van der Waals surface area contributed by atoms with E-state index in [1.54, 1.807) is 25.7 Å². The van der Waals surface area contributed by atoms with Crippen LogP contribution in [0.1, 0.15) is 25.7 Å². The van der Waals surface area contributed by atoms with Gasteiger partial charge in [-0.25, -0.2) is 0 Å². The summed E-state index contributed by atoms with van der Waals surface area (Å²) < 4.78 is 0. The summed E-state index contributed by atoms with van der Waals surface area (Å²) in [4.78, 5) is 2.64. The van der Waals surface area contributed by atoms with E-state index in [4.69, 9.17) is 0 Å². The zero-order chi connectivity index (χ0) is 6.34. The van der Waals surface area contributed by atoms with Gasteiger partial charge in [-0.05, 0) is 37.0 Å². The van der Waals surface area contributed by atoms with Crippen molar-refractivity contribution in [3.05, 3.63) is 0 Å². The van der Waals surface area contributed by atoms with Gasteiger partial charge in [-0.3, -0.25) is 4.90 Å². The highest BCUT2D eigenvalue weighted by Crippen LogP contribution is 2.72. The number of rotatable bonds is 2. The van der Waals surface area contributed by atoms with Crippen LogP contribution in [0.5, 0.6) is 0 Å². The molecule has 2 aliphatic heterocycles. The van der Waals surface area contributed by atoms with E-state index in [9.17, 15) is 0 Å². The summed E-state index contributed by atoms with van der Waals surface area (Å²) in [7, 11) is 0. The largest absolute Gasteiger partial charge is 0.291 e. The molecular weight excluding hydrogens is 122 g/mol. The van der Waals surface area contributed by atoms with Crippen molar-refractivity contribution in [3.8, 4) is 0 Å². The molecule has 4 aliphatic rings. The quantitative estimate of drug-likeness (QED) is 0.515. The molecular formula is C9H13N. The van der Waals surface area contributed by atoms with Gasteiger partial charge in [-0.2, -0.15) is 0 Å². The van der Waals surface area contributed by atoms with Crippen molar-refractivity contribution in [3.63, 3.8) is 0 Å². The predicted molar refractivity (Wildman–Crippen MR) is 38.7 cm³/mol. The molecule has 5 unspecified atom stereocenters. The highest BCUT2D eigenvalue weighted by molar-refractivity contribution is 5.23. The molecule has 2 heterocycles. The average molecular weight is 135 g/mol. The van der Waals surface area contributed by atoms with Crippen LogP contribution in [0, 0.1) is 11.3 Å². The van der Waals surface area contributed by atoms with Crippen LogP contribution in [0.25, 0.3) is 0 Å². The SMILES string of the molecule is C1CC2(CC3C4CN43)CC12. The summed E-state index contributed by atoms with van der Waals surface area (Å²) in [5, 5.41) is 0. The van der Waals surface area contributed by atoms with E-state index in [1.165, 1.54) is 12.5 Å². The van der Waals surface area contributed by atoms with Crippen LogP contribution in [0.3, 0.4) is 0 Å². The zero-order valence-electron chi connectivity index (χ0n) is 6.21. The highest BCUT2D eigenvalue weighted by atomic mass is 15.5. The Morgan fingerprint density at radius 2 is 2.40 bits per heavy atom. The third-order valence-corrected chi connectivity index (χ3v) is 4.44. The van der Waals surface area contributed by atoms with Crippen LogP contribution in [0.4, 0.5) is 0 Å². The predicted octanol–water partition coefficient (Wildman–Crippen LogP) is 1.24. The Bertz CT molecular complexity index is 201. The third-order valence-electron chi connectivity index (χ3n) is 4.44. The van der Waals surface area contributed by atoms with Crippen LogP contribution >= 0.6 is 0 Å². The fourth-order valence-corrected chi connectivity index (χ4v) is 3.09. The molecule has 4 fully saturated rings. The van der Waals surface area contributed by atoms with Crippen LogP contribution in [0.2, 0.25) is 0 Å². The number of nitrogens with zero attached hydrogens (tertiary/aromatic N) is 1. The Morgan fingerprint density at radius 1 is 1.50 bits per heavy atom. The standard InChI is InChI=1S/C9H13N/c1-2-9(3-6(1)9)4-7-8-5-10(7)8/h6-8H,1-5H2. The topological polar surface area (TPSA) is 3.01 Å². The summed E-state index contributed by atoms with van der Waals surface area (Å²) in [5.41, 5.74) is 0.943. The Kier molecular flexibility index (Phi) is 0.513. The highest BCUT2D eigenvalue weighted by Gasteiger charge is 2.69. The second-order valence-corrected chi connectivity index (χ2v) is 4.84. The average Bonchev–Trinajstić information content (AvgIpc) is 2.71. The number of hydrogen-bond acceptors (Lipinski definition) is 1. The van der Waals surface area contributed by atoms with Gasteiger partial charge < -0.3 is 0 Å². The van der Waals surface area contributed by atoms with Crippen molar-refractivity contribution in [2.24, 2.45) is 11.3 Å². The van der Waals surface area contributed by atoms with Gasteiger partial charge in [0.05, 0.1) is 0 Å². The first-order valence-corrected chi connectivity index (χ1v) is 4.65. The molecule has 0 radical (unpaired) electrons. The van der Waals surface area contributed by atoms with Crippen molar-refractivity contribution in [1.82, 2.24) is 4.90 Å². The van der Waals surface area contributed by atoms with Gasteiger partial charge in [-0.1, -0.05) is 0 Å². The second kappa shape index (κ2) is 1.08. The maximum absolute atomic E-state index is 2.64. The van der Waals surface area contributed by atoms with Gasteiger partial charge in [0.2, 0.25) is 0 Å². The maximum Gasteiger partial charge on any atom is 0.0383 e. The summed E-state index contributed by atoms with van der Waals surface area (Å²) in [6, 6.07) is 2.18. The number of fused-ring (bicyclic) bond motifs is 2. The van der Waals surface area contributed by atoms with Gasteiger partial charge in [-0.15, -0.1) is 0 Å². The summed E-state index contributed by atoms with van der Waals surface area (Å²) in [6.45, 7) is 1.45. The summed E-state index contributed by atoms with van der Waals surface area (Å²) in [5.74, 6) is 1.20. The van der Waals surface area contributed by atoms with Gasteiger partial charge in [0.1, 0.15) is 0 Å². The first-order chi connectivity index (χ1) is 4.89. The molecule has 2 saturated heterocycles. The fraction of sp³-hybridized carbons (Fsp3) is 1.00. The van der Waals surface area contributed by atoms with E-state index in [2.05, 4.69) is 4.90 Å². The molecule has 54 valence electrons. The van der Waals surface area contributed by atoms with Crippen molar-refractivity contribution < 1.29 is 0 Å². The molecule has 1 heteroatoms.